The Morgan fingerprint density at radius 2 is 1.85 bits per heavy atom. The second-order valence-corrected chi connectivity index (χ2v) is 8.48. The maximum atomic E-state index is 11.8. The lowest BCUT2D eigenvalue weighted by Crippen LogP contribution is -2.38. The van der Waals surface area contributed by atoms with E-state index in [1.54, 1.807) is 6.92 Å². The monoisotopic (exact) mass is 359 g/mol. The fourth-order valence-electron chi connectivity index (χ4n) is 5.08. The highest BCUT2D eigenvalue weighted by atomic mass is 16.2. The first-order chi connectivity index (χ1) is 12.7. The summed E-state index contributed by atoms with van der Waals surface area (Å²) in [5, 5.41) is 9.08. The van der Waals surface area contributed by atoms with E-state index in [4.69, 9.17) is 0 Å². The fourth-order valence-corrected chi connectivity index (χ4v) is 5.08. The van der Waals surface area contributed by atoms with E-state index in [1.807, 2.05) is 4.90 Å². The van der Waals surface area contributed by atoms with Crippen LogP contribution >= 0.6 is 0 Å². The van der Waals surface area contributed by atoms with Crippen LogP contribution in [0.2, 0.25) is 0 Å². The Balaban J connectivity index is 1.40. The summed E-state index contributed by atoms with van der Waals surface area (Å²) in [5.74, 6) is 3.69. The molecule has 3 aliphatic rings. The minimum absolute atomic E-state index is 0.184. The van der Waals surface area contributed by atoms with Crippen LogP contribution in [0.5, 0.6) is 0 Å². The standard InChI is InChI=1S/C20H33N5O/c1-16(26)24-10-5-8-18(15-24)20-22-21-19-9-11-23(12-13-25(19)20)14-17-6-3-2-4-7-17/h17-18H,2-15H2,1H3/t18-/m0/s1. The van der Waals surface area contributed by atoms with Crippen molar-refractivity contribution >= 4 is 5.91 Å². The highest BCUT2D eigenvalue weighted by Gasteiger charge is 2.29. The molecule has 0 aromatic carbocycles. The van der Waals surface area contributed by atoms with E-state index in [2.05, 4.69) is 19.7 Å². The van der Waals surface area contributed by atoms with E-state index < -0.39 is 0 Å². The van der Waals surface area contributed by atoms with Gasteiger partial charge in [0.1, 0.15) is 11.6 Å². The molecule has 1 aromatic heterocycles. The van der Waals surface area contributed by atoms with Crippen LogP contribution in [0.25, 0.3) is 0 Å². The number of fused-ring (bicyclic) bond motifs is 1. The molecule has 2 aliphatic heterocycles. The van der Waals surface area contributed by atoms with Crippen LogP contribution in [0, 0.1) is 5.92 Å². The van der Waals surface area contributed by atoms with Crippen molar-refractivity contribution in [2.24, 2.45) is 5.92 Å². The number of hydrogen-bond donors (Lipinski definition) is 0. The number of rotatable bonds is 3. The van der Waals surface area contributed by atoms with Crippen LogP contribution in [-0.2, 0) is 17.8 Å². The molecule has 1 saturated carbocycles. The molecule has 6 nitrogen and oxygen atoms in total. The Bertz CT molecular complexity index is 622. The minimum Gasteiger partial charge on any atom is -0.342 e. The van der Waals surface area contributed by atoms with Crippen molar-refractivity contribution in [1.29, 1.82) is 0 Å². The zero-order chi connectivity index (χ0) is 17.9. The van der Waals surface area contributed by atoms with E-state index in [9.17, 15) is 4.79 Å². The number of piperidine rings is 1. The third-order valence-electron chi connectivity index (χ3n) is 6.62. The smallest absolute Gasteiger partial charge is 0.219 e. The molecule has 0 bridgehead atoms. The van der Waals surface area contributed by atoms with Crippen LogP contribution in [-0.4, -0.2) is 63.2 Å². The Kier molecular flexibility index (Phi) is 5.57. The molecule has 1 saturated heterocycles. The molecular formula is C20H33N5O. The zero-order valence-corrected chi connectivity index (χ0v) is 16.2. The van der Waals surface area contributed by atoms with E-state index in [0.29, 0.717) is 5.92 Å². The third-order valence-corrected chi connectivity index (χ3v) is 6.62. The van der Waals surface area contributed by atoms with Crippen LogP contribution in [0.1, 0.15) is 69.4 Å². The molecule has 1 aromatic rings. The van der Waals surface area contributed by atoms with E-state index >= 15 is 0 Å². The van der Waals surface area contributed by atoms with Crippen molar-refractivity contribution in [2.75, 3.05) is 32.7 Å². The van der Waals surface area contributed by atoms with Gasteiger partial charge in [0, 0.05) is 58.5 Å². The molecule has 0 unspecified atom stereocenters. The highest BCUT2D eigenvalue weighted by molar-refractivity contribution is 5.73. The summed E-state index contributed by atoms with van der Waals surface area (Å²) in [6.07, 6.45) is 10.3. The second-order valence-electron chi connectivity index (χ2n) is 8.48. The number of nitrogens with zero attached hydrogens (tertiary/aromatic N) is 5. The summed E-state index contributed by atoms with van der Waals surface area (Å²) >= 11 is 0. The summed E-state index contributed by atoms with van der Waals surface area (Å²) < 4.78 is 2.37. The molecule has 0 N–H and O–H groups in total. The highest BCUT2D eigenvalue weighted by Crippen LogP contribution is 2.28. The van der Waals surface area contributed by atoms with Crippen LogP contribution in [0.4, 0.5) is 0 Å². The fraction of sp³-hybridized carbons (Fsp3) is 0.850. The maximum absolute atomic E-state index is 11.8. The van der Waals surface area contributed by atoms with Crippen molar-refractivity contribution in [2.45, 2.75) is 70.8 Å². The molecule has 4 rings (SSSR count). The molecule has 2 fully saturated rings. The predicted molar refractivity (Wildman–Crippen MR) is 101 cm³/mol. The van der Waals surface area contributed by atoms with Gasteiger partial charge in [0.25, 0.3) is 0 Å². The summed E-state index contributed by atoms with van der Waals surface area (Å²) in [5.41, 5.74) is 0. The lowest BCUT2D eigenvalue weighted by Gasteiger charge is -2.32. The number of carbonyl (C=O) groups is 1. The van der Waals surface area contributed by atoms with Crippen molar-refractivity contribution in [3.05, 3.63) is 11.6 Å². The zero-order valence-electron chi connectivity index (χ0n) is 16.2. The number of amides is 1. The van der Waals surface area contributed by atoms with Crippen LogP contribution < -0.4 is 0 Å². The molecular weight excluding hydrogens is 326 g/mol. The molecule has 1 amide bonds. The summed E-state index contributed by atoms with van der Waals surface area (Å²) in [4.78, 5) is 16.4. The van der Waals surface area contributed by atoms with Crippen molar-refractivity contribution in [3.63, 3.8) is 0 Å². The predicted octanol–water partition coefficient (Wildman–Crippen LogP) is 2.44. The SMILES string of the molecule is CC(=O)N1CCC[C@H](c2nnc3n2CCN(CC2CCCCC2)CC3)C1. The minimum atomic E-state index is 0.184. The molecule has 144 valence electrons. The van der Waals surface area contributed by atoms with Gasteiger partial charge in [0.2, 0.25) is 5.91 Å². The first-order valence-corrected chi connectivity index (χ1v) is 10.6. The Morgan fingerprint density at radius 3 is 2.65 bits per heavy atom. The largest absolute Gasteiger partial charge is 0.342 e. The average molecular weight is 360 g/mol. The topological polar surface area (TPSA) is 54.3 Å². The molecule has 0 radical (unpaired) electrons. The van der Waals surface area contributed by atoms with Gasteiger partial charge in [-0.1, -0.05) is 19.3 Å². The third kappa shape index (κ3) is 3.95. The number of aromatic nitrogens is 3. The lowest BCUT2D eigenvalue weighted by atomic mass is 9.89. The second kappa shape index (κ2) is 8.07. The molecule has 6 heteroatoms. The number of hydrogen-bond acceptors (Lipinski definition) is 4. The van der Waals surface area contributed by atoms with Gasteiger partial charge in [-0.15, -0.1) is 10.2 Å². The van der Waals surface area contributed by atoms with Gasteiger partial charge in [-0.25, -0.2) is 0 Å². The molecule has 26 heavy (non-hydrogen) atoms. The van der Waals surface area contributed by atoms with Gasteiger partial charge < -0.3 is 14.4 Å². The maximum Gasteiger partial charge on any atom is 0.219 e. The van der Waals surface area contributed by atoms with Gasteiger partial charge in [-0.3, -0.25) is 4.79 Å². The van der Waals surface area contributed by atoms with Gasteiger partial charge in [0.15, 0.2) is 0 Å². The summed E-state index contributed by atoms with van der Waals surface area (Å²) in [6, 6.07) is 0. The number of carbonyl (C=O) groups excluding carboxylic acids is 1. The van der Waals surface area contributed by atoms with Crippen LogP contribution in [0.15, 0.2) is 0 Å². The van der Waals surface area contributed by atoms with Crippen molar-refractivity contribution < 1.29 is 4.79 Å². The summed E-state index contributed by atoms with van der Waals surface area (Å²) in [6.45, 7) is 7.85. The normalized spacial score (nSPS) is 25.7. The van der Waals surface area contributed by atoms with Gasteiger partial charge >= 0.3 is 0 Å². The quantitative estimate of drug-likeness (QED) is 0.832. The first-order valence-electron chi connectivity index (χ1n) is 10.6. The first kappa shape index (κ1) is 18.0. The van der Waals surface area contributed by atoms with E-state index in [1.165, 1.54) is 38.6 Å². The van der Waals surface area contributed by atoms with E-state index in [0.717, 1.165) is 69.6 Å². The van der Waals surface area contributed by atoms with Crippen molar-refractivity contribution in [3.8, 4) is 0 Å². The number of likely N-dealkylation sites (tertiary alicyclic amines) is 1. The van der Waals surface area contributed by atoms with Crippen LogP contribution in [0.3, 0.4) is 0 Å². The van der Waals surface area contributed by atoms with Crippen molar-refractivity contribution in [1.82, 2.24) is 24.6 Å². The lowest BCUT2D eigenvalue weighted by molar-refractivity contribution is -0.130. The Hall–Kier alpha value is -1.43. The van der Waals surface area contributed by atoms with Gasteiger partial charge in [0.05, 0.1) is 0 Å². The van der Waals surface area contributed by atoms with E-state index in [-0.39, 0.29) is 5.91 Å². The Labute approximate surface area is 156 Å². The van der Waals surface area contributed by atoms with Gasteiger partial charge in [-0.2, -0.15) is 0 Å². The molecule has 1 aliphatic carbocycles. The average Bonchev–Trinajstić information content (AvgIpc) is 2.97. The molecule has 0 spiro atoms. The Morgan fingerprint density at radius 1 is 1.00 bits per heavy atom. The summed E-state index contributed by atoms with van der Waals surface area (Å²) in [7, 11) is 0. The molecule has 1 atom stereocenters. The molecule has 3 heterocycles. The van der Waals surface area contributed by atoms with Gasteiger partial charge in [-0.05, 0) is 31.6 Å².